The maximum absolute atomic E-state index is 13.1. The van der Waals surface area contributed by atoms with E-state index in [1.54, 1.807) is 45.5 Å². The van der Waals surface area contributed by atoms with Crippen molar-refractivity contribution in [3.05, 3.63) is 47.3 Å². The summed E-state index contributed by atoms with van der Waals surface area (Å²) in [4.78, 5) is 31.0. The maximum Gasteiger partial charge on any atom is 0.271 e. The quantitative estimate of drug-likeness (QED) is 0.647. The average Bonchev–Trinajstić information content (AvgIpc) is 3.31. The number of nitrogens with one attached hydrogen (secondary N) is 1. The number of carbonyl (C=O) groups excluding carboxylic acids is 2. The third-order valence-electron chi connectivity index (χ3n) is 5.30. The van der Waals surface area contributed by atoms with Gasteiger partial charge in [-0.3, -0.25) is 19.2 Å². The van der Waals surface area contributed by atoms with Gasteiger partial charge in [-0.25, -0.2) is 8.42 Å². The lowest BCUT2D eigenvalue weighted by atomic mass is 10.1. The third kappa shape index (κ3) is 5.63. The largest absolute Gasteiger partial charge is 0.342 e. The van der Waals surface area contributed by atoms with Crippen molar-refractivity contribution in [2.45, 2.75) is 18.1 Å². The second kappa shape index (κ2) is 10.3. The van der Waals surface area contributed by atoms with Crippen LogP contribution in [0.25, 0.3) is 0 Å². The molecule has 2 heterocycles. The highest BCUT2D eigenvalue weighted by atomic mass is 32.2. The van der Waals surface area contributed by atoms with Crippen LogP contribution in [0.2, 0.25) is 0 Å². The molecular formula is C21H28N4O4S2. The Kier molecular flexibility index (Phi) is 7.69. The summed E-state index contributed by atoms with van der Waals surface area (Å²) in [6.07, 6.45) is 0. The molecule has 1 aliphatic heterocycles. The van der Waals surface area contributed by atoms with E-state index in [1.807, 2.05) is 13.8 Å². The van der Waals surface area contributed by atoms with Gasteiger partial charge in [0.05, 0.1) is 17.8 Å². The van der Waals surface area contributed by atoms with E-state index in [-0.39, 0.29) is 21.7 Å². The van der Waals surface area contributed by atoms with E-state index in [0.717, 1.165) is 11.3 Å². The van der Waals surface area contributed by atoms with Gasteiger partial charge in [0.2, 0.25) is 5.91 Å². The Balaban J connectivity index is 1.65. The Morgan fingerprint density at radius 2 is 1.71 bits per heavy atom. The van der Waals surface area contributed by atoms with Crippen LogP contribution in [0.5, 0.6) is 0 Å². The van der Waals surface area contributed by atoms with Gasteiger partial charge < -0.3 is 9.80 Å². The highest BCUT2D eigenvalue weighted by molar-refractivity contribution is 7.94. The monoisotopic (exact) mass is 464 g/mol. The van der Waals surface area contributed by atoms with Crippen molar-refractivity contribution in [1.82, 2.24) is 14.7 Å². The lowest BCUT2D eigenvalue weighted by Crippen LogP contribution is -2.51. The molecule has 0 saturated carbocycles. The first-order chi connectivity index (χ1) is 14.9. The molecule has 2 amide bonds. The minimum absolute atomic E-state index is 0.0955. The van der Waals surface area contributed by atoms with E-state index < -0.39 is 10.0 Å². The van der Waals surface area contributed by atoms with E-state index in [0.29, 0.717) is 51.4 Å². The molecule has 0 atom stereocenters. The summed E-state index contributed by atoms with van der Waals surface area (Å²) in [5.74, 6) is -0.127. The predicted molar refractivity (Wildman–Crippen MR) is 122 cm³/mol. The number of para-hydroxylation sites is 1. The molecule has 1 fully saturated rings. The van der Waals surface area contributed by atoms with Crippen molar-refractivity contribution >= 4 is 38.9 Å². The summed E-state index contributed by atoms with van der Waals surface area (Å²) in [5, 5.41) is 1.69. The van der Waals surface area contributed by atoms with E-state index in [1.165, 1.54) is 6.07 Å². The van der Waals surface area contributed by atoms with Crippen LogP contribution in [0.15, 0.2) is 46.0 Å². The van der Waals surface area contributed by atoms with Gasteiger partial charge in [-0.05, 0) is 37.4 Å². The molecule has 1 aromatic heterocycles. The Morgan fingerprint density at radius 1 is 1.03 bits per heavy atom. The maximum atomic E-state index is 13.1. The smallest absolute Gasteiger partial charge is 0.271 e. The molecule has 0 bridgehead atoms. The molecule has 1 aliphatic rings. The van der Waals surface area contributed by atoms with Crippen LogP contribution in [0.3, 0.4) is 0 Å². The second-order valence-electron chi connectivity index (χ2n) is 7.22. The molecule has 0 aliphatic carbocycles. The molecule has 0 spiro atoms. The Labute approximate surface area is 187 Å². The number of benzene rings is 1. The van der Waals surface area contributed by atoms with Crippen molar-refractivity contribution in [3.63, 3.8) is 0 Å². The van der Waals surface area contributed by atoms with Gasteiger partial charge in [0.15, 0.2) is 0 Å². The zero-order chi connectivity index (χ0) is 22.4. The number of hydrogen-bond acceptors (Lipinski definition) is 6. The number of rotatable bonds is 8. The Morgan fingerprint density at radius 3 is 2.32 bits per heavy atom. The van der Waals surface area contributed by atoms with Crippen molar-refractivity contribution < 1.29 is 18.0 Å². The molecule has 1 N–H and O–H groups in total. The fraction of sp³-hybridized carbons (Fsp3) is 0.429. The van der Waals surface area contributed by atoms with Gasteiger partial charge in [0, 0.05) is 39.3 Å². The minimum atomic E-state index is -3.74. The lowest BCUT2D eigenvalue weighted by Gasteiger charge is -2.35. The first kappa shape index (κ1) is 23.2. The topological polar surface area (TPSA) is 90.0 Å². The lowest BCUT2D eigenvalue weighted by molar-refractivity contribution is -0.132. The number of amides is 2. The fourth-order valence-corrected chi connectivity index (χ4v) is 5.59. The van der Waals surface area contributed by atoms with Crippen LogP contribution in [0.1, 0.15) is 24.2 Å². The van der Waals surface area contributed by atoms with Crippen LogP contribution in [-0.2, 0) is 14.8 Å². The summed E-state index contributed by atoms with van der Waals surface area (Å²) in [7, 11) is -3.74. The van der Waals surface area contributed by atoms with E-state index >= 15 is 0 Å². The van der Waals surface area contributed by atoms with E-state index in [2.05, 4.69) is 9.62 Å². The molecule has 1 aromatic carbocycles. The molecule has 10 heteroatoms. The first-order valence-corrected chi connectivity index (χ1v) is 12.7. The van der Waals surface area contributed by atoms with Gasteiger partial charge >= 0.3 is 0 Å². The van der Waals surface area contributed by atoms with Crippen molar-refractivity contribution in [2.24, 2.45) is 0 Å². The number of likely N-dealkylation sites (N-methyl/N-ethyl adjacent to an activating group) is 1. The fourth-order valence-electron chi connectivity index (χ4n) is 3.52. The van der Waals surface area contributed by atoms with Gasteiger partial charge in [0.25, 0.3) is 15.9 Å². The van der Waals surface area contributed by atoms with Gasteiger partial charge in [0.1, 0.15) is 4.21 Å². The number of hydrogen-bond donors (Lipinski definition) is 1. The SMILES string of the molecule is CCN(CC)C(=O)CN1CCN(C(=O)c2ccccc2NS(=O)(=O)c2cccs2)CC1. The number of carbonyl (C=O) groups is 2. The van der Waals surface area contributed by atoms with Crippen LogP contribution in [-0.4, -0.2) is 80.7 Å². The summed E-state index contributed by atoms with van der Waals surface area (Å²) >= 11 is 1.12. The molecule has 31 heavy (non-hydrogen) atoms. The number of anilines is 1. The Bertz CT molecular complexity index is 996. The van der Waals surface area contributed by atoms with Crippen molar-refractivity contribution in [3.8, 4) is 0 Å². The normalized spacial score (nSPS) is 15.0. The summed E-state index contributed by atoms with van der Waals surface area (Å²) in [6.45, 7) is 7.81. The van der Waals surface area contributed by atoms with Crippen molar-refractivity contribution in [2.75, 3.05) is 50.5 Å². The number of thiophene rings is 1. The highest BCUT2D eigenvalue weighted by Crippen LogP contribution is 2.24. The Hall–Kier alpha value is -2.43. The van der Waals surface area contributed by atoms with Gasteiger partial charge in [-0.15, -0.1) is 11.3 Å². The van der Waals surface area contributed by atoms with E-state index in [4.69, 9.17) is 0 Å². The summed E-state index contributed by atoms with van der Waals surface area (Å²) < 4.78 is 27.9. The molecule has 168 valence electrons. The molecule has 8 nitrogen and oxygen atoms in total. The standard InChI is InChI=1S/C21H28N4O4S2/c1-3-24(4-2)19(26)16-23-11-13-25(14-12-23)21(27)17-8-5-6-9-18(17)22-31(28,29)20-10-7-15-30-20/h5-10,15,22H,3-4,11-14,16H2,1-2H3. The van der Waals surface area contributed by atoms with Gasteiger partial charge in [-0.2, -0.15) is 0 Å². The zero-order valence-corrected chi connectivity index (χ0v) is 19.4. The molecule has 2 aromatic rings. The zero-order valence-electron chi connectivity index (χ0n) is 17.8. The molecular weight excluding hydrogens is 436 g/mol. The summed E-state index contributed by atoms with van der Waals surface area (Å²) in [6, 6.07) is 9.83. The van der Waals surface area contributed by atoms with Gasteiger partial charge in [-0.1, -0.05) is 18.2 Å². The second-order valence-corrected chi connectivity index (χ2v) is 10.1. The first-order valence-electron chi connectivity index (χ1n) is 10.3. The van der Waals surface area contributed by atoms with Crippen LogP contribution in [0, 0.1) is 0 Å². The molecule has 1 saturated heterocycles. The minimum Gasteiger partial charge on any atom is -0.342 e. The van der Waals surface area contributed by atoms with Crippen molar-refractivity contribution in [1.29, 1.82) is 0 Å². The number of piperazine rings is 1. The van der Waals surface area contributed by atoms with Crippen LogP contribution in [0.4, 0.5) is 5.69 Å². The third-order valence-corrected chi connectivity index (χ3v) is 8.06. The average molecular weight is 465 g/mol. The number of nitrogens with zero attached hydrogens (tertiary/aromatic N) is 3. The summed E-state index contributed by atoms with van der Waals surface area (Å²) in [5.41, 5.74) is 0.579. The highest BCUT2D eigenvalue weighted by Gasteiger charge is 2.26. The molecule has 0 unspecified atom stereocenters. The number of sulfonamides is 1. The molecule has 3 rings (SSSR count). The van der Waals surface area contributed by atoms with Crippen LogP contribution >= 0.6 is 11.3 Å². The van der Waals surface area contributed by atoms with E-state index in [9.17, 15) is 18.0 Å². The molecule has 0 radical (unpaired) electrons. The van der Waals surface area contributed by atoms with Crippen LogP contribution < -0.4 is 4.72 Å². The predicted octanol–water partition coefficient (Wildman–Crippen LogP) is 2.18.